The second-order valence-electron chi connectivity index (χ2n) is 6.45. The minimum Gasteiger partial charge on any atom is -0.468 e. The molecule has 0 spiro atoms. The Morgan fingerprint density at radius 3 is 2.45 bits per heavy atom. The Labute approximate surface area is 128 Å². The lowest BCUT2D eigenvalue weighted by Gasteiger charge is -2.43. The maximum absolute atomic E-state index is 12.9. The van der Waals surface area contributed by atoms with Crippen molar-refractivity contribution in [1.82, 2.24) is 4.90 Å². The summed E-state index contributed by atoms with van der Waals surface area (Å²) >= 11 is 0. The van der Waals surface area contributed by atoms with Gasteiger partial charge in [0.05, 0.1) is 13.2 Å². The van der Waals surface area contributed by atoms with E-state index in [0.717, 1.165) is 12.0 Å². The Kier molecular flexibility index (Phi) is 5.72. The largest absolute Gasteiger partial charge is 0.468 e. The molecule has 1 fully saturated rings. The molecule has 1 rings (SSSR count). The summed E-state index contributed by atoms with van der Waals surface area (Å²) in [5.41, 5.74) is -2.58. The molecule has 0 bridgehead atoms. The summed E-state index contributed by atoms with van der Waals surface area (Å²) < 4.78 is 35.5. The zero-order valence-corrected chi connectivity index (χ0v) is 13.3. The van der Waals surface area contributed by atoms with Crippen LogP contribution in [-0.2, 0) is 14.3 Å². The highest BCUT2D eigenvalue weighted by atomic mass is 19.3. The van der Waals surface area contributed by atoms with Gasteiger partial charge < -0.3 is 19.5 Å². The Hall–Kier alpha value is -1.44. The van der Waals surface area contributed by atoms with Crippen LogP contribution in [0.4, 0.5) is 13.6 Å². The molecule has 0 aromatic rings. The lowest BCUT2D eigenvalue weighted by atomic mass is 9.74. The number of aliphatic hydroxyl groups is 1. The van der Waals surface area contributed by atoms with Crippen LogP contribution < -0.4 is 0 Å². The molecule has 0 aliphatic carbocycles. The number of methoxy groups -OCH3 is 1. The molecule has 1 heterocycles. The first-order valence-electron chi connectivity index (χ1n) is 7.04. The van der Waals surface area contributed by atoms with E-state index in [0.29, 0.717) is 0 Å². The van der Waals surface area contributed by atoms with Gasteiger partial charge in [-0.3, -0.25) is 4.79 Å². The monoisotopic (exact) mass is 323 g/mol. The standard InChI is InChI=1S/C14H23F2NO5/c1-13(2,3)22-12(20)17-6-5-9(18)14(8-17,7-10(15)16)11(19)21-4/h9-10,18H,5-8H2,1-4H3. The molecule has 2 unspecified atom stereocenters. The summed E-state index contributed by atoms with van der Waals surface area (Å²) in [5.74, 6) is -0.950. The van der Waals surface area contributed by atoms with Crippen LogP contribution in [0.5, 0.6) is 0 Å². The van der Waals surface area contributed by atoms with Gasteiger partial charge in [0, 0.05) is 19.5 Å². The van der Waals surface area contributed by atoms with E-state index in [4.69, 9.17) is 4.74 Å². The molecule has 0 aromatic heterocycles. The molecule has 1 aliphatic rings. The van der Waals surface area contributed by atoms with Gasteiger partial charge in [0.1, 0.15) is 11.0 Å². The fourth-order valence-corrected chi connectivity index (χ4v) is 2.52. The number of rotatable bonds is 3. The van der Waals surface area contributed by atoms with Gasteiger partial charge >= 0.3 is 12.1 Å². The van der Waals surface area contributed by atoms with Gasteiger partial charge in [-0.25, -0.2) is 13.6 Å². The molecule has 1 N–H and O–H groups in total. The number of halogens is 2. The first-order valence-corrected chi connectivity index (χ1v) is 7.04. The molecule has 2 atom stereocenters. The fraction of sp³-hybridized carbons (Fsp3) is 0.857. The van der Waals surface area contributed by atoms with Crippen LogP contribution in [-0.4, -0.2) is 60.4 Å². The lowest BCUT2D eigenvalue weighted by Crippen LogP contribution is -2.58. The molecule has 1 saturated heterocycles. The molecule has 8 heteroatoms. The molecular formula is C14H23F2NO5. The van der Waals surface area contributed by atoms with Crippen molar-refractivity contribution in [2.24, 2.45) is 5.41 Å². The van der Waals surface area contributed by atoms with Crippen LogP contribution in [0.25, 0.3) is 0 Å². The van der Waals surface area contributed by atoms with E-state index in [1.54, 1.807) is 20.8 Å². The molecule has 6 nitrogen and oxygen atoms in total. The third kappa shape index (κ3) is 4.28. The van der Waals surface area contributed by atoms with Crippen molar-refractivity contribution < 1.29 is 33.0 Å². The Balaban J connectivity index is 3.00. The zero-order valence-electron chi connectivity index (χ0n) is 13.3. The highest BCUT2D eigenvalue weighted by molar-refractivity contribution is 5.79. The van der Waals surface area contributed by atoms with Crippen LogP contribution in [0, 0.1) is 5.41 Å². The third-order valence-corrected chi connectivity index (χ3v) is 3.55. The minimum absolute atomic E-state index is 0.00105. The van der Waals surface area contributed by atoms with E-state index in [9.17, 15) is 23.5 Å². The summed E-state index contributed by atoms with van der Waals surface area (Å²) in [6, 6.07) is 0. The molecule has 0 aromatic carbocycles. The summed E-state index contributed by atoms with van der Waals surface area (Å²) in [5, 5.41) is 10.1. The van der Waals surface area contributed by atoms with Gasteiger partial charge in [0.15, 0.2) is 0 Å². The summed E-state index contributed by atoms with van der Waals surface area (Å²) in [6.07, 6.45) is -5.69. The number of ether oxygens (including phenoxy) is 2. The number of carbonyl (C=O) groups excluding carboxylic acids is 2. The summed E-state index contributed by atoms with van der Waals surface area (Å²) in [6.45, 7) is 4.79. The molecule has 0 saturated carbocycles. The number of likely N-dealkylation sites (tertiary alicyclic amines) is 1. The van der Waals surface area contributed by atoms with Crippen LogP contribution in [0.3, 0.4) is 0 Å². The number of hydrogen-bond donors (Lipinski definition) is 1. The Bertz CT molecular complexity index is 424. The average molecular weight is 323 g/mol. The third-order valence-electron chi connectivity index (χ3n) is 3.55. The van der Waals surface area contributed by atoms with Crippen molar-refractivity contribution in [2.75, 3.05) is 20.2 Å². The molecule has 128 valence electrons. The lowest BCUT2D eigenvalue weighted by molar-refractivity contribution is -0.171. The molecule has 1 amide bonds. The first-order chi connectivity index (χ1) is 10.0. The number of nitrogens with zero attached hydrogens (tertiary/aromatic N) is 1. The fourth-order valence-electron chi connectivity index (χ4n) is 2.52. The SMILES string of the molecule is COC(=O)C1(CC(F)F)CN(C(=O)OC(C)(C)C)CCC1O. The van der Waals surface area contributed by atoms with Gasteiger partial charge in [-0.05, 0) is 27.2 Å². The predicted octanol–water partition coefficient (Wildman–Crippen LogP) is 1.80. The minimum atomic E-state index is -2.81. The van der Waals surface area contributed by atoms with Gasteiger partial charge in [0.25, 0.3) is 0 Å². The molecule has 1 aliphatic heterocycles. The second kappa shape index (κ2) is 6.76. The number of amides is 1. The summed E-state index contributed by atoms with van der Waals surface area (Å²) in [7, 11) is 1.06. The highest BCUT2D eigenvalue weighted by Crippen LogP contribution is 2.38. The van der Waals surface area contributed by atoms with E-state index in [2.05, 4.69) is 4.74 Å². The quantitative estimate of drug-likeness (QED) is 0.802. The maximum Gasteiger partial charge on any atom is 0.410 e. The van der Waals surface area contributed by atoms with Crippen molar-refractivity contribution in [3.05, 3.63) is 0 Å². The summed E-state index contributed by atoms with van der Waals surface area (Å²) in [4.78, 5) is 25.2. The zero-order chi connectivity index (χ0) is 17.1. The number of carbonyl (C=O) groups is 2. The number of hydrogen-bond acceptors (Lipinski definition) is 5. The second-order valence-corrected chi connectivity index (χ2v) is 6.45. The van der Waals surface area contributed by atoms with Crippen LogP contribution >= 0.6 is 0 Å². The molecular weight excluding hydrogens is 300 g/mol. The van der Waals surface area contributed by atoms with Crippen molar-refractivity contribution in [3.63, 3.8) is 0 Å². The van der Waals surface area contributed by atoms with Gasteiger partial charge in [-0.2, -0.15) is 0 Å². The molecule has 0 radical (unpaired) electrons. The number of aliphatic hydroxyl groups excluding tert-OH is 1. The topological polar surface area (TPSA) is 76.1 Å². The van der Waals surface area contributed by atoms with Crippen molar-refractivity contribution in [1.29, 1.82) is 0 Å². The average Bonchev–Trinajstić information content (AvgIpc) is 2.37. The van der Waals surface area contributed by atoms with E-state index < -0.39 is 42.0 Å². The van der Waals surface area contributed by atoms with E-state index in [1.165, 1.54) is 0 Å². The van der Waals surface area contributed by atoms with Crippen LogP contribution in [0.2, 0.25) is 0 Å². The van der Waals surface area contributed by atoms with Crippen molar-refractivity contribution in [2.45, 2.75) is 51.7 Å². The van der Waals surface area contributed by atoms with E-state index >= 15 is 0 Å². The molecule has 22 heavy (non-hydrogen) atoms. The van der Waals surface area contributed by atoms with Crippen molar-refractivity contribution in [3.8, 4) is 0 Å². The normalized spacial score (nSPS) is 26.0. The van der Waals surface area contributed by atoms with Gasteiger partial charge in [0.2, 0.25) is 6.43 Å². The van der Waals surface area contributed by atoms with Crippen LogP contribution in [0.1, 0.15) is 33.6 Å². The van der Waals surface area contributed by atoms with Crippen LogP contribution in [0.15, 0.2) is 0 Å². The smallest absolute Gasteiger partial charge is 0.410 e. The maximum atomic E-state index is 12.9. The van der Waals surface area contributed by atoms with Gasteiger partial charge in [-0.15, -0.1) is 0 Å². The highest BCUT2D eigenvalue weighted by Gasteiger charge is 2.52. The Morgan fingerprint density at radius 1 is 1.41 bits per heavy atom. The van der Waals surface area contributed by atoms with E-state index in [1.807, 2.05) is 0 Å². The number of piperidine rings is 1. The van der Waals surface area contributed by atoms with Gasteiger partial charge in [-0.1, -0.05) is 0 Å². The first kappa shape index (κ1) is 18.6. The number of alkyl halides is 2. The predicted molar refractivity (Wildman–Crippen MR) is 73.5 cm³/mol. The Morgan fingerprint density at radius 2 is 2.00 bits per heavy atom. The van der Waals surface area contributed by atoms with Crippen molar-refractivity contribution >= 4 is 12.1 Å². The van der Waals surface area contributed by atoms with E-state index in [-0.39, 0.29) is 19.5 Å². The number of esters is 1.